The quantitative estimate of drug-likeness (QED) is 0.0114. The summed E-state index contributed by atoms with van der Waals surface area (Å²) < 4.78 is 95.4. The SMILES string of the molecule is C=C1OC(C)n2c1cc1occc12.CC(C)(C)OC(=O)c1cc2occc2[nH]1.CC(C)CCOC(=O)c1cc2occc2[nH]1.CC(C)OC(=O)c1cc2occc2[nH]1.CCCCCOC(=O)c1cc2occc2[nH]1.CCN(CC)C(=O)COC(=O)c1cc2occc2[nH]1.Cc1ccccc1OC(=O)c1cc2occc2[nH]1.O=C(OCC1CCCCC1)c1cc2occc2[nH]1.O=C(OCc1ccccc1)c1cc2occc2[nH]1. The largest absolute Gasteiger partial charge is 0.469 e. The average molecular weight is 2010 g/mol. The van der Waals surface area contributed by atoms with Crippen LogP contribution in [-0.2, 0) is 49.3 Å². The predicted molar refractivity (Wildman–Crippen MR) is 546 cm³/mol. The number of hydrogen-bond donors (Lipinski definition) is 8. The molecule has 2 aliphatic rings. The van der Waals surface area contributed by atoms with E-state index in [1.165, 1.54) is 38.4 Å². The lowest BCUT2D eigenvalue weighted by Gasteiger charge is -2.20. The lowest BCUT2D eigenvalue weighted by atomic mass is 9.90. The van der Waals surface area contributed by atoms with Crippen molar-refractivity contribution in [2.45, 2.75) is 165 Å². The number of aromatic amines is 8. The number of hydrogen-bond acceptors (Lipinski definition) is 27. The zero-order chi connectivity index (χ0) is 104. The van der Waals surface area contributed by atoms with Crippen LogP contribution in [0.4, 0.5) is 0 Å². The van der Waals surface area contributed by atoms with Gasteiger partial charge in [0, 0.05) is 122 Å². The molecule has 1 atom stereocenters. The summed E-state index contributed by atoms with van der Waals surface area (Å²) in [5, 5.41) is 0. The number of unbranched alkanes of at least 4 members (excludes halogenated alkanes) is 2. The third-order valence-corrected chi connectivity index (χ3v) is 22.9. The predicted octanol–water partition coefficient (Wildman–Crippen LogP) is 25.6. The van der Waals surface area contributed by atoms with E-state index < -0.39 is 17.5 Å². The molecule has 770 valence electrons. The van der Waals surface area contributed by atoms with Gasteiger partial charge < -0.3 is 127 Å². The van der Waals surface area contributed by atoms with E-state index in [-0.39, 0.29) is 73.0 Å². The Kier molecular flexibility index (Phi) is 35.9. The number of benzene rings is 2. The van der Waals surface area contributed by atoms with Crippen LogP contribution in [0.15, 0.2) is 266 Å². The molecule has 1 unspecified atom stereocenters. The molecule has 1 amide bonds. The number of esters is 8. The highest BCUT2D eigenvalue weighted by atomic mass is 16.6. The van der Waals surface area contributed by atoms with Gasteiger partial charge in [-0.15, -0.1) is 0 Å². The fourth-order valence-corrected chi connectivity index (χ4v) is 15.3. The van der Waals surface area contributed by atoms with Crippen molar-refractivity contribution < 1.29 is 126 Å². The number of likely N-dealkylation sites (N-methyl/N-ethyl adjacent to an activating group) is 1. The van der Waals surface area contributed by atoms with E-state index in [1.807, 2.05) is 123 Å². The van der Waals surface area contributed by atoms with Gasteiger partial charge in [-0.25, -0.2) is 38.4 Å². The fraction of sp³-hybridized carbons (Fsp3) is 0.300. The number of aryl methyl sites for hydroxylation is 1. The van der Waals surface area contributed by atoms with Gasteiger partial charge in [-0.2, -0.15) is 0 Å². The number of aromatic nitrogens is 9. The summed E-state index contributed by atoms with van der Waals surface area (Å²) in [6, 6.07) is 48.1. The molecule has 20 aromatic rings. The number of H-pyrrole nitrogens is 8. The lowest BCUT2D eigenvalue weighted by Crippen LogP contribution is -2.34. The highest BCUT2D eigenvalue weighted by Gasteiger charge is 2.28. The van der Waals surface area contributed by atoms with Crippen LogP contribution < -0.4 is 4.74 Å². The number of carbonyl (C=O) groups is 9. The Morgan fingerprint density at radius 1 is 0.422 bits per heavy atom. The van der Waals surface area contributed by atoms with Crippen molar-refractivity contribution in [3.63, 3.8) is 0 Å². The molecule has 147 heavy (non-hydrogen) atoms. The molecule has 37 nitrogen and oxygen atoms in total. The Balaban J connectivity index is 0.000000131. The number of carbonyl (C=O) groups excluding carboxylic acids is 9. The number of amides is 1. The molecular formula is C110H118N10O27. The molecule has 1 aliphatic heterocycles. The summed E-state index contributed by atoms with van der Waals surface area (Å²) >= 11 is 0. The zero-order valence-corrected chi connectivity index (χ0v) is 83.5. The molecule has 19 heterocycles. The molecule has 0 radical (unpaired) electrons. The van der Waals surface area contributed by atoms with Crippen LogP contribution in [0, 0.1) is 18.8 Å². The first-order valence-corrected chi connectivity index (χ1v) is 48.3. The minimum Gasteiger partial charge on any atom is -0.469 e. The third-order valence-electron chi connectivity index (χ3n) is 22.9. The van der Waals surface area contributed by atoms with Crippen LogP contribution in [0.1, 0.15) is 241 Å². The first-order chi connectivity index (χ1) is 70.9. The first-order valence-electron chi connectivity index (χ1n) is 48.3. The molecule has 0 spiro atoms. The highest BCUT2D eigenvalue weighted by Crippen LogP contribution is 2.38. The van der Waals surface area contributed by atoms with Crippen LogP contribution in [0.2, 0.25) is 0 Å². The van der Waals surface area contributed by atoms with Crippen molar-refractivity contribution in [3.8, 4) is 5.75 Å². The minimum absolute atomic E-state index is 0.0256. The summed E-state index contributed by atoms with van der Waals surface area (Å²) in [6.45, 7) is 29.6. The van der Waals surface area contributed by atoms with Gasteiger partial charge in [0.15, 0.2) is 63.1 Å². The third kappa shape index (κ3) is 28.8. The van der Waals surface area contributed by atoms with E-state index in [0.717, 1.165) is 103 Å². The lowest BCUT2D eigenvalue weighted by molar-refractivity contribution is -0.134. The van der Waals surface area contributed by atoms with E-state index >= 15 is 0 Å². The smallest absolute Gasteiger partial charge is 0.360 e. The molecule has 0 saturated heterocycles. The summed E-state index contributed by atoms with van der Waals surface area (Å²) in [5.41, 5.74) is 19.3. The van der Waals surface area contributed by atoms with E-state index in [0.29, 0.717) is 135 Å². The summed E-state index contributed by atoms with van der Waals surface area (Å²) in [6.07, 6.45) is 24.4. The van der Waals surface area contributed by atoms with Crippen LogP contribution in [0.3, 0.4) is 0 Å². The second kappa shape index (κ2) is 50.0. The fourth-order valence-electron chi connectivity index (χ4n) is 15.3. The van der Waals surface area contributed by atoms with Crippen molar-refractivity contribution >= 4 is 159 Å². The van der Waals surface area contributed by atoms with Gasteiger partial charge in [0.2, 0.25) is 0 Å². The maximum atomic E-state index is 11.9. The average Bonchev–Trinajstić information content (AvgIpc) is 1.60. The molecular weight excluding hydrogens is 1890 g/mol. The first kappa shape index (κ1) is 105. The number of para-hydroxylation sites is 1. The van der Waals surface area contributed by atoms with Gasteiger partial charge in [-0.3, -0.25) is 9.36 Å². The minimum atomic E-state index is -0.563. The highest BCUT2D eigenvalue weighted by molar-refractivity contribution is 5.99. The number of nitrogens with zero attached hydrogens (tertiary/aromatic N) is 2. The summed E-state index contributed by atoms with van der Waals surface area (Å²) in [4.78, 5) is 130. The van der Waals surface area contributed by atoms with Gasteiger partial charge >= 0.3 is 47.8 Å². The number of nitrogens with one attached hydrogen (secondary N) is 8. The molecule has 0 bridgehead atoms. The molecule has 22 rings (SSSR count). The number of fused-ring (bicyclic) bond motifs is 11. The van der Waals surface area contributed by atoms with E-state index in [9.17, 15) is 43.2 Å². The van der Waals surface area contributed by atoms with Gasteiger partial charge in [0.25, 0.3) is 5.91 Å². The molecule has 2 aromatic carbocycles. The maximum absolute atomic E-state index is 11.9. The Morgan fingerprint density at radius 2 is 0.796 bits per heavy atom. The maximum Gasteiger partial charge on any atom is 0.360 e. The number of ether oxygens (including phenoxy) is 9. The molecule has 1 aliphatic carbocycles. The van der Waals surface area contributed by atoms with E-state index in [1.54, 1.807) is 158 Å². The Hall–Kier alpha value is -17.4. The van der Waals surface area contributed by atoms with Crippen LogP contribution >= 0.6 is 0 Å². The zero-order valence-electron chi connectivity index (χ0n) is 83.5. The van der Waals surface area contributed by atoms with Crippen molar-refractivity contribution in [3.05, 3.63) is 289 Å². The van der Waals surface area contributed by atoms with E-state index in [4.69, 9.17) is 82.4 Å². The van der Waals surface area contributed by atoms with Gasteiger partial charge in [-0.1, -0.05) is 108 Å². The Morgan fingerprint density at radius 3 is 1.20 bits per heavy atom. The van der Waals surface area contributed by atoms with Gasteiger partial charge in [0.05, 0.1) is 138 Å². The molecule has 1 fully saturated rings. The van der Waals surface area contributed by atoms with Crippen molar-refractivity contribution in [1.82, 2.24) is 49.3 Å². The number of furan rings is 9. The van der Waals surface area contributed by atoms with Crippen molar-refractivity contribution in [2.24, 2.45) is 11.8 Å². The second-order valence-corrected chi connectivity index (χ2v) is 35.8. The summed E-state index contributed by atoms with van der Waals surface area (Å²) in [5.74, 6) is -0.857. The van der Waals surface area contributed by atoms with Crippen LogP contribution in [-0.4, -0.2) is 154 Å². The standard InChI is InChI=1S/C14H11NO3.C14H17NO3.C14H11NO3.C13H16N2O4.2C12H15NO3.C11H13NO3.C10H11NO3.C10H9NO2/c1-9-4-2-3-5-12(9)18-14(16)11-8-13-10(15-11)6-7-17-13;2*16-14(18-9-10-4-2-1-3-5-10)12-8-13-11(15-12)6-7-17-13;1-3-15(4-2)12(16)8-19-13(17)10-7-11-9(14-10)5-6-18-11;1-8(2)3-5-16-12(14)10-7-11-9(13-10)4-6-15-11;1-2-3-4-6-16-12(14)10-8-11-9(13-10)5-7-15-11;1-11(2,3)15-10(13)8-6-9-7(12-8)4-5-14-9;1-6(2)14-10(12)8-5-9-7(11-8)3-4-13-9;1-6-9-5-10-8(3-4-12-10)11(9)7(2)13-6/h2-8,15H,1H3;6-8,10,15H,1-5,9H2;1-8,15H,9H2;5-7,14H,3-4,8H2,1-2H3;4,6-8,13H,3,5H2,1-2H3;5,7-8,13H,2-4,6H2,1H3;4-6,12H,1-3H3;3-6,11H,1-2H3;3-5,7H,1H2,2H3. The monoisotopic (exact) mass is 2010 g/mol. The second-order valence-electron chi connectivity index (χ2n) is 35.8. The number of rotatable bonds is 25. The van der Waals surface area contributed by atoms with Crippen LogP contribution in [0.5, 0.6) is 5.75 Å². The molecule has 1 saturated carbocycles. The van der Waals surface area contributed by atoms with Gasteiger partial charge in [-0.05, 0) is 117 Å². The normalized spacial score (nSPS) is 12.6. The topological polar surface area (TPSA) is 489 Å². The van der Waals surface area contributed by atoms with Crippen LogP contribution in [0.25, 0.3) is 106 Å². The molecule has 8 N–H and O–H groups in total. The molecule has 37 heteroatoms. The molecule has 18 aromatic heterocycles. The van der Waals surface area contributed by atoms with Crippen molar-refractivity contribution in [2.75, 3.05) is 39.5 Å². The Bertz CT molecular complexity index is 7490. The van der Waals surface area contributed by atoms with Crippen molar-refractivity contribution in [1.29, 1.82) is 0 Å². The summed E-state index contributed by atoms with van der Waals surface area (Å²) in [7, 11) is 0. The van der Waals surface area contributed by atoms with Gasteiger partial charge in [0.1, 0.15) is 69.3 Å². The Labute approximate surface area is 841 Å². The van der Waals surface area contributed by atoms with E-state index in [2.05, 4.69) is 71.8 Å².